The quantitative estimate of drug-likeness (QED) is 0.845. The van der Waals surface area contributed by atoms with Gasteiger partial charge < -0.3 is 10.6 Å². The molecule has 0 aromatic heterocycles. The van der Waals surface area contributed by atoms with Gasteiger partial charge in [0.15, 0.2) is 0 Å². The number of rotatable bonds is 5. The summed E-state index contributed by atoms with van der Waals surface area (Å²) >= 11 is 0. The Hall–Kier alpha value is -0.860. The topological polar surface area (TPSA) is 29.3 Å². The van der Waals surface area contributed by atoms with Crippen molar-refractivity contribution in [1.29, 1.82) is 0 Å². The van der Waals surface area contributed by atoms with Crippen molar-refractivity contribution in [3.63, 3.8) is 0 Å². The summed E-state index contributed by atoms with van der Waals surface area (Å²) in [6, 6.07) is 9.45. The minimum atomic E-state index is 0.470. The Bertz CT molecular complexity index is 338. The molecule has 0 amide bonds. The lowest BCUT2D eigenvalue weighted by atomic mass is 9.80. The summed E-state index contributed by atoms with van der Waals surface area (Å²) in [4.78, 5) is 2.41. The molecule has 0 spiro atoms. The zero-order chi connectivity index (χ0) is 12.3. The predicted molar refractivity (Wildman–Crippen MR) is 72.9 cm³/mol. The van der Waals surface area contributed by atoms with E-state index in [-0.39, 0.29) is 0 Å². The largest absolute Gasteiger partial charge is 0.328 e. The summed E-state index contributed by atoms with van der Waals surface area (Å²) in [6.07, 6.45) is 3.54. The highest BCUT2D eigenvalue weighted by Crippen LogP contribution is 2.26. The first kappa shape index (κ1) is 12.6. The zero-order valence-corrected chi connectivity index (χ0v) is 11.0. The second-order valence-corrected chi connectivity index (χ2v) is 5.46. The van der Waals surface area contributed by atoms with Crippen LogP contribution in [0.15, 0.2) is 24.3 Å². The van der Waals surface area contributed by atoms with E-state index in [0.29, 0.717) is 6.04 Å². The first-order valence-corrected chi connectivity index (χ1v) is 6.69. The van der Waals surface area contributed by atoms with Crippen LogP contribution in [0.3, 0.4) is 0 Å². The van der Waals surface area contributed by atoms with E-state index < -0.39 is 0 Å². The summed E-state index contributed by atoms with van der Waals surface area (Å²) in [6.45, 7) is 4.43. The molecule has 0 bridgehead atoms. The lowest BCUT2D eigenvalue weighted by molar-refractivity contribution is 0.178. The first-order chi connectivity index (χ1) is 8.17. The second kappa shape index (κ2) is 5.65. The van der Waals surface area contributed by atoms with E-state index in [9.17, 15) is 0 Å². The normalized spacial score (nSPS) is 23.8. The number of nitrogens with two attached hydrogens (primary N) is 1. The summed E-state index contributed by atoms with van der Waals surface area (Å²) in [5, 5.41) is 0. The average Bonchev–Trinajstić information content (AvgIpc) is 2.28. The Morgan fingerprint density at radius 1 is 1.18 bits per heavy atom. The van der Waals surface area contributed by atoms with Gasteiger partial charge in [0.1, 0.15) is 0 Å². The molecule has 0 heterocycles. The average molecular weight is 232 g/mol. The van der Waals surface area contributed by atoms with Gasteiger partial charge >= 0.3 is 0 Å². The number of aryl methyl sites for hydroxylation is 1. The summed E-state index contributed by atoms with van der Waals surface area (Å²) < 4.78 is 0. The molecule has 17 heavy (non-hydrogen) atoms. The molecular weight excluding hydrogens is 208 g/mol. The van der Waals surface area contributed by atoms with Crippen molar-refractivity contribution in [2.75, 3.05) is 13.6 Å². The molecule has 2 N–H and O–H groups in total. The van der Waals surface area contributed by atoms with E-state index in [1.807, 2.05) is 0 Å². The van der Waals surface area contributed by atoms with Gasteiger partial charge in [-0.1, -0.05) is 31.2 Å². The summed E-state index contributed by atoms with van der Waals surface area (Å²) in [5.74, 6) is 0.824. The predicted octanol–water partition coefficient (Wildman–Crippen LogP) is 2.42. The lowest BCUT2D eigenvalue weighted by Crippen LogP contribution is -2.41. The fourth-order valence-corrected chi connectivity index (χ4v) is 2.63. The summed E-state index contributed by atoms with van der Waals surface area (Å²) in [7, 11) is 2.21. The van der Waals surface area contributed by atoms with Gasteiger partial charge in [-0.3, -0.25) is 0 Å². The maximum atomic E-state index is 5.81. The van der Waals surface area contributed by atoms with Crippen molar-refractivity contribution < 1.29 is 0 Å². The molecule has 0 radical (unpaired) electrons. The minimum Gasteiger partial charge on any atom is -0.328 e. The molecule has 1 aromatic rings. The molecular formula is C15H24N2. The molecule has 1 fully saturated rings. The molecule has 1 aliphatic carbocycles. The van der Waals surface area contributed by atoms with Crippen molar-refractivity contribution >= 4 is 0 Å². The maximum Gasteiger partial charge on any atom is 0.0230 e. The van der Waals surface area contributed by atoms with E-state index in [1.165, 1.54) is 30.5 Å². The highest BCUT2D eigenvalue weighted by molar-refractivity contribution is 5.22. The Balaban J connectivity index is 1.78. The molecule has 0 aliphatic heterocycles. The van der Waals surface area contributed by atoms with Crippen molar-refractivity contribution in [3.05, 3.63) is 35.4 Å². The van der Waals surface area contributed by atoms with E-state index in [2.05, 4.69) is 43.1 Å². The highest BCUT2D eigenvalue weighted by Gasteiger charge is 2.26. The van der Waals surface area contributed by atoms with Crippen LogP contribution in [0.1, 0.15) is 30.9 Å². The highest BCUT2D eigenvalue weighted by atomic mass is 15.1. The van der Waals surface area contributed by atoms with Gasteiger partial charge in [0, 0.05) is 19.1 Å². The Morgan fingerprint density at radius 3 is 2.29 bits per heavy atom. The van der Waals surface area contributed by atoms with Crippen LogP contribution < -0.4 is 5.73 Å². The molecule has 2 rings (SSSR count). The molecule has 1 aliphatic rings. The molecule has 0 saturated heterocycles. The van der Waals surface area contributed by atoms with Crippen LogP contribution in [0, 0.1) is 5.92 Å². The lowest BCUT2D eigenvalue weighted by Gasteiger charge is -2.35. The molecule has 0 unspecified atom stereocenters. The van der Waals surface area contributed by atoms with Crippen LogP contribution in [0.4, 0.5) is 0 Å². The third-order valence-corrected chi connectivity index (χ3v) is 3.73. The van der Waals surface area contributed by atoms with Gasteiger partial charge in [-0.25, -0.2) is 0 Å². The first-order valence-electron chi connectivity index (χ1n) is 6.69. The van der Waals surface area contributed by atoms with Crippen LogP contribution >= 0.6 is 0 Å². The number of hydrogen-bond donors (Lipinski definition) is 1. The van der Waals surface area contributed by atoms with E-state index in [0.717, 1.165) is 18.9 Å². The monoisotopic (exact) mass is 232 g/mol. The van der Waals surface area contributed by atoms with E-state index >= 15 is 0 Å². The molecule has 1 aromatic carbocycles. The van der Waals surface area contributed by atoms with Crippen molar-refractivity contribution in [2.24, 2.45) is 11.7 Å². The fourth-order valence-electron chi connectivity index (χ4n) is 2.63. The third-order valence-electron chi connectivity index (χ3n) is 3.73. The SMILES string of the molecule is CCc1ccc(CN(C)CC2CC(N)C2)cc1. The molecule has 2 nitrogen and oxygen atoms in total. The van der Waals surface area contributed by atoms with Crippen LogP contribution in [-0.2, 0) is 13.0 Å². The van der Waals surface area contributed by atoms with Crippen LogP contribution in [0.5, 0.6) is 0 Å². The number of hydrogen-bond acceptors (Lipinski definition) is 2. The standard InChI is InChI=1S/C15H24N2/c1-3-12-4-6-13(7-5-12)10-17(2)11-14-8-15(16)9-14/h4-7,14-15H,3,8-11,16H2,1-2H3. The van der Waals surface area contributed by atoms with Crippen LogP contribution in [0.25, 0.3) is 0 Å². The van der Waals surface area contributed by atoms with Gasteiger partial charge in [-0.15, -0.1) is 0 Å². The van der Waals surface area contributed by atoms with Gasteiger partial charge in [0.05, 0.1) is 0 Å². The van der Waals surface area contributed by atoms with Crippen molar-refractivity contribution in [2.45, 2.75) is 38.8 Å². The van der Waals surface area contributed by atoms with Gasteiger partial charge in [-0.05, 0) is 43.4 Å². The van der Waals surface area contributed by atoms with Crippen molar-refractivity contribution in [3.8, 4) is 0 Å². The molecule has 0 atom stereocenters. The fraction of sp³-hybridized carbons (Fsp3) is 0.600. The summed E-state index contributed by atoms with van der Waals surface area (Å²) in [5.41, 5.74) is 8.64. The van der Waals surface area contributed by atoms with Gasteiger partial charge in [-0.2, -0.15) is 0 Å². The zero-order valence-electron chi connectivity index (χ0n) is 11.0. The number of benzene rings is 1. The number of nitrogens with zero attached hydrogens (tertiary/aromatic N) is 1. The van der Waals surface area contributed by atoms with Gasteiger partial charge in [0.2, 0.25) is 0 Å². The molecule has 94 valence electrons. The Kier molecular flexibility index (Phi) is 4.19. The Labute approximate surface area is 105 Å². The van der Waals surface area contributed by atoms with Crippen LogP contribution in [0.2, 0.25) is 0 Å². The van der Waals surface area contributed by atoms with Crippen LogP contribution in [-0.4, -0.2) is 24.5 Å². The Morgan fingerprint density at radius 2 is 1.76 bits per heavy atom. The molecule has 2 heteroatoms. The minimum absolute atomic E-state index is 0.470. The van der Waals surface area contributed by atoms with Gasteiger partial charge in [0.25, 0.3) is 0 Å². The smallest absolute Gasteiger partial charge is 0.0230 e. The van der Waals surface area contributed by atoms with E-state index in [4.69, 9.17) is 5.73 Å². The van der Waals surface area contributed by atoms with Crippen molar-refractivity contribution in [1.82, 2.24) is 4.90 Å². The molecule has 1 saturated carbocycles. The maximum absolute atomic E-state index is 5.81. The second-order valence-electron chi connectivity index (χ2n) is 5.46. The third kappa shape index (κ3) is 3.55. The van der Waals surface area contributed by atoms with E-state index in [1.54, 1.807) is 0 Å².